The summed E-state index contributed by atoms with van der Waals surface area (Å²) in [5.74, 6) is -0.440. The van der Waals surface area contributed by atoms with Crippen LogP contribution < -0.4 is 4.90 Å². The molecule has 90 valence electrons. The van der Waals surface area contributed by atoms with E-state index in [2.05, 4.69) is 6.07 Å². The van der Waals surface area contributed by atoms with E-state index in [1.54, 1.807) is 24.3 Å². The molecule has 3 rings (SSSR count). The molecule has 0 radical (unpaired) electrons. The lowest BCUT2D eigenvalue weighted by atomic mass is 10.1. The first-order valence-corrected chi connectivity index (χ1v) is 5.81. The Labute approximate surface area is 104 Å². The fourth-order valence-corrected chi connectivity index (χ4v) is 2.56. The summed E-state index contributed by atoms with van der Waals surface area (Å²) in [5, 5.41) is 8.86. The molecule has 1 aromatic carbocycles. The Morgan fingerprint density at radius 1 is 1.22 bits per heavy atom. The predicted molar refractivity (Wildman–Crippen MR) is 63.5 cm³/mol. The molecule has 2 unspecified atom stereocenters. The van der Waals surface area contributed by atoms with Crippen LogP contribution in [0, 0.1) is 17.2 Å². The van der Waals surface area contributed by atoms with Gasteiger partial charge in [-0.2, -0.15) is 5.26 Å². The minimum atomic E-state index is -0.456. The lowest BCUT2D eigenvalue weighted by Gasteiger charge is -2.15. The van der Waals surface area contributed by atoms with Crippen molar-refractivity contribution in [2.75, 3.05) is 11.4 Å². The van der Waals surface area contributed by atoms with Crippen molar-refractivity contribution in [2.45, 2.75) is 12.5 Å². The Hall–Kier alpha value is -2.35. The minimum absolute atomic E-state index is 0.219. The third-order valence-corrected chi connectivity index (χ3v) is 3.44. The molecule has 0 aromatic heterocycles. The van der Waals surface area contributed by atoms with Crippen molar-refractivity contribution in [1.29, 1.82) is 5.26 Å². The van der Waals surface area contributed by atoms with Gasteiger partial charge in [0, 0.05) is 6.54 Å². The second kappa shape index (κ2) is 3.84. The molecule has 1 aromatic rings. The maximum Gasteiger partial charge on any atom is 0.332 e. The number of rotatable bonds is 1. The largest absolute Gasteiger partial charge is 0.332 e. The van der Waals surface area contributed by atoms with Crippen LogP contribution in [0.1, 0.15) is 6.42 Å². The first-order chi connectivity index (χ1) is 8.72. The summed E-state index contributed by atoms with van der Waals surface area (Å²) < 4.78 is 0. The number of anilines is 1. The van der Waals surface area contributed by atoms with Gasteiger partial charge in [0.05, 0.1) is 17.7 Å². The molecule has 2 saturated heterocycles. The van der Waals surface area contributed by atoms with Gasteiger partial charge >= 0.3 is 6.03 Å². The number of carbonyl (C=O) groups is 2. The Morgan fingerprint density at radius 3 is 2.56 bits per heavy atom. The van der Waals surface area contributed by atoms with Crippen molar-refractivity contribution < 1.29 is 9.59 Å². The monoisotopic (exact) mass is 241 g/mol. The van der Waals surface area contributed by atoms with E-state index in [1.807, 2.05) is 6.07 Å². The van der Waals surface area contributed by atoms with Crippen molar-refractivity contribution in [3.63, 3.8) is 0 Å². The van der Waals surface area contributed by atoms with Gasteiger partial charge in [-0.3, -0.25) is 4.79 Å². The molecule has 5 nitrogen and oxygen atoms in total. The molecule has 18 heavy (non-hydrogen) atoms. The fourth-order valence-electron chi connectivity index (χ4n) is 2.56. The number of hydrogen-bond acceptors (Lipinski definition) is 3. The highest BCUT2D eigenvalue weighted by Crippen LogP contribution is 2.33. The Kier molecular flexibility index (Phi) is 2.30. The van der Waals surface area contributed by atoms with Crippen LogP contribution >= 0.6 is 0 Å². The highest BCUT2D eigenvalue weighted by atomic mass is 16.2. The van der Waals surface area contributed by atoms with E-state index >= 15 is 0 Å². The van der Waals surface area contributed by atoms with Gasteiger partial charge in [0.2, 0.25) is 0 Å². The predicted octanol–water partition coefficient (Wildman–Crippen LogP) is 1.37. The maximum atomic E-state index is 12.2. The van der Waals surface area contributed by atoms with E-state index in [4.69, 9.17) is 5.26 Å². The van der Waals surface area contributed by atoms with Gasteiger partial charge in [-0.25, -0.2) is 9.69 Å². The number of urea groups is 1. The molecule has 5 heteroatoms. The number of fused-ring (bicyclic) bond motifs is 1. The maximum absolute atomic E-state index is 12.2. The number of para-hydroxylation sites is 1. The quantitative estimate of drug-likeness (QED) is 0.697. The molecule has 0 saturated carbocycles. The molecular weight excluding hydrogens is 230 g/mol. The van der Waals surface area contributed by atoms with Gasteiger partial charge in [0.15, 0.2) is 0 Å². The topological polar surface area (TPSA) is 64.4 Å². The molecule has 0 bridgehead atoms. The second-order valence-electron chi connectivity index (χ2n) is 4.52. The van der Waals surface area contributed by atoms with Crippen LogP contribution in [0.5, 0.6) is 0 Å². The van der Waals surface area contributed by atoms with E-state index in [9.17, 15) is 9.59 Å². The number of carbonyl (C=O) groups excluding carboxylic acids is 2. The van der Waals surface area contributed by atoms with Crippen LogP contribution in [0.4, 0.5) is 10.5 Å². The second-order valence-corrected chi connectivity index (χ2v) is 4.52. The van der Waals surface area contributed by atoms with E-state index in [1.165, 1.54) is 9.80 Å². The van der Waals surface area contributed by atoms with E-state index in [0.717, 1.165) is 0 Å². The Balaban J connectivity index is 1.92. The van der Waals surface area contributed by atoms with Crippen LogP contribution in [-0.2, 0) is 4.79 Å². The Morgan fingerprint density at radius 2 is 1.94 bits per heavy atom. The van der Waals surface area contributed by atoms with Crippen LogP contribution in [0.2, 0.25) is 0 Å². The summed E-state index contributed by atoms with van der Waals surface area (Å²) >= 11 is 0. The van der Waals surface area contributed by atoms with Crippen molar-refractivity contribution in [1.82, 2.24) is 4.90 Å². The van der Waals surface area contributed by atoms with Gasteiger partial charge < -0.3 is 4.90 Å². The molecule has 0 spiro atoms. The zero-order valence-corrected chi connectivity index (χ0v) is 9.61. The third-order valence-electron chi connectivity index (χ3n) is 3.44. The lowest BCUT2D eigenvalue weighted by molar-refractivity contribution is -0.119. The number of nitrogens with zero attached hydrogens (tertiary/aromatic N) is 3. The first-order valence-electron chi connectivity index (χ1n) is 5.81. The highest BCUT2D eigenvalue weighted by molar-refractivity contribution is 6.21. The lowest BCUT2D eigenvalue weighted by Crippen LogP contribution is -2.34. The number of benzene rings is 1. The highest BCUT2D eigenvalue weighted by Gasteiger charge is 2.51. The summed E-state index contributed by atoms with van der Waals surface area (Å²) in [6.45, 7) is 0.356. The summed E-state index contributed by atoms with van der Waals surface area (Å²) in [5.41, 5.74) is 0.593. The van der Waals surface area contributed by atoms with E-state index in [0.29, 0.717) is 18.7 Å². The SMILES string of the molecule is N#CC1CC2C(=O)N(c3ccccc3)C(=O)N2C1. The zero-order chi connectivity index (χ0) is 12.7. The third kappa shape index (κ3) is 1.39. The van der Waals surface area contributed by atoms with Gasteiger partial charge in [-0.05, 0) is 18.6 Å². The normalized spacial score (nSPS) is 26.4. The molecule has 2 aliphatic heterocycles. The average Bonchev–Trinajstić information content (AvgIpc) is 2.92. The van der Waals surface area contributed by atoms with Crippen molar-refractivity contribution in [2.24, 2.45) is 5.92 Å². The minimum Gasteiger partial charge on any atom is -0.311 e. The van der Waals surface area contributed by atoms with Gasteiger partial charge in [0.1, 0.15) is 6.04 Å². The zero-order valence-electron chi connectivity index (χ0n) is 9.61. The smallest absolute Gasteiger partial charge is 0.311 e. The summed E-state index contributed by atoms with van der Waals surface area (Å²) in [6.07, 6.45) is 0.449. The molecule has 2 atom stereocenters. The average molecular weight is 241 g/mol. The van der Waals surface area contributed by atoms with Crippen LogP contribution in [0.3, 0.4) is 0 Å². The number of amides is 3. The molecule has 0 aliphatic carbocycles. The van der Waals surface area contributed by atoms with Gasteiger partial charge in [0.25, 0.3) is 5.91 Å². The van der Waals surface area contributed by atoms with Gasteiger partial charge in [-0.1, -0.05) is 18.2 Å². The fraction of sp³-hybridized carbons (Fsp3) is 0.308. The number of imide groups is 1. The molecule has 2 fully saturated rings. The molecule has 3 amide bonds. The standard InChI is InChI=1S/C13H11N3O2/c14-7-9-6-11-12(17)16(13(18)15(11)8-9)10-4-2-1-3-5-10/h1-5,9,11H,6,8H2. The van der Waals surface area contributed by atoms with Crippen LogP contribution in [-0.4, -0.2) is 29.4 Å². The van der Waals surface area contributed by atoms with Crippen molar-refractivity contribution in [3.8, 4) is 6.07 Å². The van der Waals surface area contributed by atoms with Crippen LogP contribution in [0.15, 0.2) is 30.3 Å². The summed E-state index contributed by atoms with van der Waals surface area (Å²) in [6, 6.07) is 10.2. The number of nitriles is 1. The molecule has 0 N–H and O–H groups in total. The summed E-state index contributed by atoms with van der Waals surface area (Å²) in [7, 11) is 0. The van der Waals surface area contributed by atoms with Crippen molar-refractivity contribution >= 4 is 17.6 Å². The molecule has 2 heterocycles. The van der Waals surface area contributed by atoms with E-state index < -0.39 is 6.04 Å². The first kappa shape index (κ1) is 10.8. The van der Waals surface area contributed by atoms with Crippen molar-refractivity contribution in [3.05, 3.63) is 30.3 Å². The molecular formula is C13H11N3O2. The van der Waals surface area contributed by atoms with Gasteiger partial charge in [-0.15, -0.1) is 0 Å². The molecule has 2 aliphatic rings. The van der Waals surface area contributed by atoms with E-state index in [-0.39, 0.29) is 17.9 Å². The summed E-state index contributed by atoms with van der Waals surface area (Å²) in [4.78, 5) is 27.1. The Bertz CT molecular complexity index is 525. The van der Waals surface area contributed by atoms with Crippen LogP contribution in [0.25, 0.3) is 0 Å². The number of hydrogen-bond donors (Lipinski definition) is 0.